The Morgan fingerprint density at radius 3 is 2.68 bits per heavy atom. The molecule has 2 aromatic rings. The fourth-order valence-corrected chi connectivity index (χ4v) is 4.72. The molecule has 1 aliphatic heterocycles. The van der Waals surface area contributed by atoms with Gasteiger partial charge in [0.05, 0.1) is 22.4 Å². The SMILES string of the molecule is Cc1ccccc1C(=O)SC[C@@H](C)C(=O)O[C@@H]1c2cc(C#N)ccc2OC(C)(C)[C@H]1Br. The number of halogens is 1. The molecular formula is C24H24BrNO4S. The van der Waals surface area contributed by atoms with Gasteiger partial charge in [-0.05, 0) is 44.5 Å². The lowest BCUT2D eigenvalue weighted by Crippen LogP contribution is -2.47. The molecule has 0 fully saturated rings. The van der Waals surface area contributed by atoms with Crippen molar-refractivity contribution in [3.63, 3.8) is 0 Å². The highest BCUT2D eigenvalue weighted by molar-refractivity contribution is 9.09. The smallest absolute Gasteiger partial charge is 0.310 e. The Morgan fingerprint density at radius 2 is 2.00 bits per heavy atom. The molecule has 162 valence electrons. The first-order chi connectivity index (χ1) is 14.6. The van der Waals surface area contributed by atoms with Crippen molar-refractivity contribution in [3.05, 3.63) is 64.7 Å². The number of hydrogen-bond donors (Lipinski definition) is 0. The average molecular weight is 502 g/mol. The monoisotopic (exact) mass is 501 g/mol. The van der Waals surface area contributed by atoms with Crippen LogP contribution in [-0.2, 0) is 9.53 Å². The van der Waals surface area contributed by atoms with Gasteiger partial charge in [0, 0.05) is 16.9 Å². The van der Waals surface area contributed by atoms with Crippen LogP contribution in [0.3, 0.4) is 0 Å². The van der Waals surface area contributed by atoms with Crippen LogP contribution in [-0.4, -0.2) is 27.3 Å². The number of thioether (sulfide) groups is 1. The van der Waals surface area contributed by atoms with Crippen LogP contribution in [0.4, 0.5) is 0 Å². The molecule has 0 radical (unpaired) electrons. The summed E-state index contributed by atoms with van der Waals surface area (Å²) in [5, 5.41) is 9.19. The second-order valence-corrected chi connectivity index (χ2v) is 10.1. The van der Waals surface area contributed by atoms with Crippen molar-refractivity contribution in [2.75, 3.05) is 5.75 Å². The van der Waals surface area contributed by atoms with Crippen molar-refractivity contribution in [1.29, 1.82) is 5.26 Å². The quantitative estimate of drug-likeness (QED) is 0.392. The summed E-state index contributed by atoms with van der Waals surface area (Å²) in [6.07, 6.45) is -0.612. The van der Waals surface area contributed by atoms with E-state index in [2.05, 4.69) is 22.0 Å². The summed E-state index contributed by atoms with van der Waals surface area (Å²) >= 11 is 4.74. The minimum atomic E-state index is -0.620. The molecule has 0 bridgehead atoms. The predicted octanol–water partition coefficient (Wildman–Crippen LogP) is 5.60. The Bertz CT molecular complexity index is 1050. The number of nitriles is 1. The molecular weight excluding hydrogens is 478 g/mol. The zero-order valence-corrected chi connectivity index (χ0v) is 20.2. The molecule has 2 aromatic carbocycles. The first-order valence-electron chi connectivity index (χ1n) is 9.94. The lowest BCUT2D eigenvalue weighted by atomic mass is 9.90. The first kappa shape index (κ1) is 23.4. The van der Waals surface area contributed by atoms with Gasteiger partial charge < -0.3 is 9.47 Å². The second kappa shape index (κ2) is 9.46. The third-order valence-electron chi connectivity index (χ3n) is 5.22. The minimum Gasteiger partial charge on any atom is -0.486 e. The van der Waals surface area contributed by atoms with Gasteiger partial charge in [-0.1, -0.05) is 58.9 Å². The van der Waals surface area contributed by atoms with Crippen LogP contribution in [0, 0.1) is 24.2 Å². The summed E-state index contributed by atoms with van der Waals surface area (Å²) in [5.74, 6) is 0.0300. The maximum atomic E-state index is 12.9. The summed E-state index contributed by atoms with van der Waals surface area (Å²) in [7, 11) is 0. The fraction of sp³-hybridized carbons (Fsp3) is 0.375. The van der Waals surface area contributed by atoms with Gasteiger partial charge in [-0.15, -0.1) is 0 Å². The van der Waals surface area contributed by atoms with E-state index in [1.807, 2.05) is 39.0 Å². The number of carbonyl (C=O) groups is 2. The summed E-state index contributed by atoms with van der Waals surface area (Å²) in [6, 6.07) is 14.6. The number of aryl methyl sites for hydroxylation is 1. The predicted molar refractivity (Wildman–Crippen MR) is 125 cm³/mol. The van der Waals surface area contributed by atoms with E-state index in [-0.39, 0.29) is 9.94 Å². The van der Waals surface area contributed by atoms with Gasteiger partial charge in [-0.2, -0.15) is 5.26 Å². The minimum absolute atomic E-state index is 0.0627. The number of esters is 1. The normalized spacial score (nSPS) is 20.0. The van der Waals surface area contributed by atoms with E-state index in [0.717, 1.165) is 17.3 Å². The van der Waals surface area contributed by atoms with Crippen molar-refractivity contribution in [3.8, 4) is 11.8 Å². The molecule has 7 heteroatoms. The Kier molecular flexibility index (Phi) is 7.13. The van der Waals surface area contributed by atoms with E-state index < -0.39 is 23.6 Å². The maximum absolute atomic E-state index is 12.9. The van der Waals surface area contributed by atoms with Gasteiger partial charge in [-0.3, -0.25) is 9.59 Å². The molecule has 0 spiro atoms. The highest BCUT2D eigenvalue weighted by Crippen LogP contribution is 2.45. The van der Waals surface area contributed by atoms with Gasteiger partial charge in [0.25, 0.3) is 0 Å². The van der Waals surface area contributed by atoms with Crippen molar-refractivity contribution in [2.45, 2.75) is 44.2 Å². The highest BCUT2D eigenvalue weighted by atomic mass is 79.9. The molecule has 3 rings (SSSR count). The van der Waals surface area contributed by atoms with E-state index in [1.165, 1.54) is 0 Å². The van der Waals surface area contributed by atoms with E-state index in [0.29, 0.717) is 28.2 Å². The number of benzene rings is 2. The number of fused-ring (bicyclic) bond motifs is 1. The van der Waals surface area contributed by atoms with Crippen LogP contribution >= 0.6 is 27.7 Å². The molecule has 1 aliphatic rings. The van der Waals surface area contributed by atoms with Crippen molar-refractivity contribution in [1.82, 2.24) is 0 Å². The van der Waals surface area contributed by atoms with E-state index in [1.54, 1.807) is 31.2 Å². The number of alkyl halides is 1. The third kappa shape index (κ3) is 5.13. The molecule has 5 nitrogen and oxygen atoms in total. The maximum Gasteiger partial charge on any atom is 0.310 e. The molecule has 0 saturated carbocycles. The summed E-state index contributed by atoms with van der Waals surface area (Å²) < 4.78 is 11.9. The van der Waals surface area contributed by atoms with Gasteiger partial charge in [0.15, 0.2) is 0 Å². The Balaban J connectivity index is 1.72. The second-order valence-electron chi connectivity index (χ2n) is 8.14. The number of carbonyl (C=O) groups excluding carboxylic acids is 2. The molecule has 0 aliphatic carbocycles. The zero-order valence-electron chi connectivity index (χ0n) is 17.8. The first-order valence-corrected chi connectivity index (χ1v) is 11.8. The van der Waals surface area contributed by atoms with Crippen LogP contribution < -0.4 is 4.74 Å². The van der Waals surface area contributed by atoms with E-state index in [9.17, 15) is 14.9 Å². The number of ether oxygens (including phenoxy) is 2. The fourth-order valence-electron chi connectivity index (χ4n) is 3.31. The Morgan fingerprint density at radius 1 is 1.29 bits per heavy atom. The van der Waals surface area contributed by atoms with Crippen molar-refractivity contribution >= 4 is 38.8 Å². The largest absolute Gasteiger partial charge is 0.486 e. The molecule has 31 heavy (non-hydrogen) atoms. The third-order valence-corrected chi connectivity index (χ3v) is 7.95. The lowest BCUT2D eigenvalue weighted by molar-refractivity contribution is -0.156. The average Bonchev–Trinajstić information content (AvgIpc) is 2.74. The molecule has 0 saturated heterocycles. The molecule has 0 aromatic heterocycles. The topological polar surface area (TPSA) is 76.4 Å². The summed E-state index contributed by atoms with van der Waals surface area (Å²) in [5.41, 5.74) is 2.06. The Labute approximate surface area is 195 Å². The van der Waals surface area contributed by atoms with Gasteiger partial charge in [0.2, 0.25) is 5.12 Å². The molecule has 3 atom stereocenters. The lowest BCUT2D eigenvalue weighted by Gasteiger charge is -2.41. The van der Waals surface area contributed by atoms with Crippen LogP contribution in [0.5, 0.6) is 5.75 Å². The molecule has 0 N–H and O–H groups in total. The zero-order chi connectivity index (χ0) is 22.8. The van der Waals surface area contributed by atoms with Crippen molar-refractivity contribution in [2.24, 2.45) is 5.92 Å². The van der Waals surface area contributed by atoms with Crippen LogP contribution in [0.1, 0.15) is 53.9 Å². The van der Waals surface area contributed by atoms with E-state index >= 15 is 0 Å². The van der Waals surface area contributed by atoms with Gasteiger partial charge in [0.1, 0.15) is 17.5 Å². The van der Waals surface area contributed by atoms with Gasteiger partial charge in [-0.25, -0.2) is 0 Å². The highest BCUT2D eigenvalue weighted by Gasteiger charge is 2.45. The molecule has 1 heterocycles. The number of rotatable bonds is 5. The number of hydrogen-bond acceptors (Lipinski definition) is 6. The Hall–Kier alpha value is -2.30. The van der Waals surface area contributed by atoms with Crippen LogP contribution in [0.15, 0.2) is 42.5 Å². The standard InChI is InChI=1S/C24H24BrNO4S/c1-14-7-5-6-8-17(14)23(28)31-13-15(2)22(27)29-20-18-11-16(12-26)9-10-19(18)30-24(3,4)21(20)25/h5-11,15,20-21H,13H2,1-4H3/t15-,20-,21+/m1/s1. The summed E-state index contributed by atoms with van der Waals surface area (Å²) in [4.78, 5) is 25.1. The van der Waals surface area contributed by atoms with Crippen LogP contribution in [0.2, 0.25) is 0 Å². The van der Waals surface area contributed by atoms with Crippen molar-refractivity contribution < 1.29 is 19.1 Å². The summed E-state index contributed by atoms with van der Waals surface area (Å²) in [6.45, 7) is 7.46. The van der Waals surface area contributed by atoms with Gasteiger partial charge >= 0.3 is 5.97 Å². The number of nitrogens with zero attached hydrogens (tertiary/aromatic N) is 1. The van der Waals surface area contributed by atoms with E-state index in [4.69, 9.17) is 9.47 Å². The van der Waals surface area contributed by atoms with Crippen LogP contribution in [0.25, 0.3) is 0 Å². The molecule has 0 unspecified atom stereocenters. The molecule has 0 amide bonds.